The predicted molar refractivity (Wildman–Crippen MR) is 86.8 cm³/mol. The SMILES string of the molecule is CC(NS(=O)(=O)c1ccccc1)C(=O)OC(=O)CC(O)(CC(=O)O)C(=O)O. The van der Waals surface area contributed by atoms with Gasteiger partial charge in [0.05, 0.1) is 17.7 Å². The monoisotopic (exact) mass is 403 g/mol. The summed E-state index contributed by atoms with van der Waals surface area (Å²) in [6, 6.07) is 5.51. The zero-order valence-corrected chi connectivity index (χ0v) is 14.8. The van der Waals surface area contributed by atoms with Crippen molar-refractivity contribution < 1.29 is 47.7 Å². The molecule has 2 unspecified atom stereocenters. The van der Waals surface area contributed by atoms with Crippen LogP contribution >= 0.6 is 0 Å². The van der Waals surface area contributed by atoms with Crippen molar-refractivity contribution >= 4 is 33.9 Å². The number of nitrogens with one attached hydrogen (secondary N) is 1. The van der Waals surface area contributed by atoms with Crippen molar-refractivity contribution in [2.45, 2.75) is 36.3 Å². The topological polar surface area (TPSA) is 184 Å². The second kappa shape index (κ2) is 8.70. The highest BCUT2D eigenvalue weighted by molar-refractivity contribution is 7.89. The van der Waals surface area contributed by atoms with E-state index in [9.17, 15) is 32.7 Å². The molecule has 0 fully saturated rings. The standard InChI is InChI=1S/C15H17NO10S/c1-9(16-27(24,25)10-5-3-2-4-6-10)13(20)26-12(19)8-15(23,14(21)22)7-11(17)18/h2-6,9,16,23H,7-8H2,1H3,(H,17,18)(H,21,22). The third-order valence-electron chi connectivity index (χ3n) is 3.23. The molecule has 0 aliphatic rings. The van der Waals surface area contributed by atoms with Crippen LogP contribution in [-0.4, -0.2) is 59.3 Å². The molecule has 148 valence electrons. The molecule has 1 rings (SSSR count). The van der Waals surface area contributed by atoms with E-state index in [0.29, 0.717) is 0 Å². The van der Waals surface area contributed by atoms with E-state index in [-0.39, 0.29) is 4.90 Å². The Morgan fingerprint density at radius 2 is 1.67 bits per heavy atom. The van der Waals surface area contributed by atoms with Gasteiger partial charge < -0.3 is 20.1 Å². The van der Waals surface area contributed by atoms with Gasteiger partial charge in [-0.2, -0.15) is 4.72 Å². The Morgan fingerprint density at radius 1 is 1.11 bits per heavy atom. The fourth-order valence-electron chi connectivity index (χ4n) is 1.89. The number of rotatable bonds is 9. The maximum atomic E-state index is 12.1. The summed E-state index contributed by atoms with van der Waals surface area (Å²) in [6.45, 7) is 1.08. The number of esters is 2. The van der Waals surface area contributed by atoms with Crippen LogP contribution in [-0.2, 0) is 33.9 Å². The van der Waals surface area contributed by atoms with Crippen molar-refractivity contribution in [1.82, 2.24) is 4.72 Å². The van der Waals surface area contributed by atoms with Gasteiger partial charge in [0.1, 0.15) is 6.04 Å². The third kappa shape index (κ3) is 6.44. The van der Waals surface area contributed by atoms with Crippen molar-refractivity contribution in [3.8, 4) is 0 Å². The number of hydrogen-bond donors (Lipinski definition) is 4. The Morgan fingerprint density at radius 3 is 2.15 bits per heavy atom. The molecule has 1 aromatic carbocycles. The van der Waals surface area contributed by atoms with E-state index in [1.54, 1.807) is 6.07 Å². The predicted octanol–water partition coefficient (Wildman–Crippen LogP) is -0.896. The van der Waals surface area contributed by atoms with Crippen LogP contribution in [0.25, 0.3) is 0 Å². The maximum Gasteiger partial charge on any atom is 0.336 e. The first-order chi connectivity index (χ1) is 12.4. The van der Waals surface area contributed by atoms with Crippen molar-refractivity contribution in [1.29, 1.82) is 0 Å². The molecular weight excluding hydrogens is 386 g/mol. The van der Waals surface area contributed by atoms with Gasteiger partial charge in [0.2, 0.25) is 10.0 Å². The molecule has 27 heavy (non-hydrogen) atoms. The van der Waals surface area contributed by atoms with Crippen LogP contribution in [0, 0.1) is 0 Å². The van der Waals surface area contributed by atoms with E-state index in [4.69, 9.17) is 10.2 Å². The summed E-state index contributed by atoms with van der Waals surface area (Å²) < 4.78 is 30.4. The molecule has 0 spiro atoms. The highest BCUT2D eigenvalue weighted by atomic mass is 32.2. The fraction of sp³-hybridized carbons (Fsp3) is 0.333. The van der Waals surface area contributed by atoms with Crippen LogP contribution in [0.2, 0.25) is 0 Å². The van der Waals surface area contributed by atoms with Crippen molar-refractivity contribution in [3.63, 3.8) is 0 Å². The number of carbonyl (C=O) groups is 4. The van der Waals surface area contributed by atoms with Crippen LogP contribution in [0.1, 0.15) is 19.8 Å². The lowest BCUT2D eigenvalue weighted by Gasteiger charge is -2.20. The smallest absolute Gasteiger partial charge is 0.336 e. The molecular formula is C15H17NO10S. The number of carbonyl (C=O) groups excluding carboxylic acids is 2. The summed E-state index contributed by atoms with van der Waals surface area (Å²) in [5.41, 5.74) is -2.98. The first-order valence-electron chi connectivity index (χ1n) is 7.37. The number of hydrogen-bond acceptors (Lipinski definition) is 8. The number of carboxylic acids is 2. The molecule has 4 N–H and O–H groups in total. The van der Waals surface area contributed by atoms with Gasteiger partial charge in [-0.15, -0.1) is 0 Å². The van der Waals surface area contributed by atoms with Crippen LogP contribution < -0.4 is 4.72 Å². The summed E-state index contributed by atoms with van der Waals surface area (Å²) in [5.74, 6) is -6.57. The highest BCUT2D eigenvalue weighted by Gasteiger charge is 2.42. The lowest BCUT2D eigenvalue weighted by atomic mass is 9.96. The number of aliphatic carboxylic acids is 2. The molecule has 1 aromatic rings. The van der Waals surface area contributed by atoms with Gasteiger partial charge in [0, 0.05) is 0 Å². The third-order valence-corrected chi connectivity index (χ3v) is 4.79. The molecule has 0 saturated carbocycles. The van der Waals surface area contributed by atoms with Gasteiger partial charge in [0.15, 0.2) is 5.60 Å². The Kier molecular flexibility index (Phi) is 7.16. The van der Waals surface area contributed by atoms with Gasteiger partial charge in [0.25, 0.3) is 0 Å². The molecule has 0 aromatic heterocycles. The molecule has 0 radical (unpaired) electrons. The second-order valence-corrected chi connectivity index (χ2v) is 7.25. The van der Waals surface area contributed by atoms with E-state index >= 15 is 0 Å². The van der Waals surface area contributed by atoms with Crippen LogP contribution in [0.5, 0.6) is 0 Å². The number of aliphatic hydroxyl groups is 1. The molecule has 0 bridgehead atoms. The number of carboxylic acid groups (broad SMARTS) is 2. The number of benzene rings is 1. The van der Waals surface area contributed by atoms with Crippen molar-refractivity contribution in [2.24, 2.45) is 0 Å². The zero-order valence-electron chi connectivity index (χ0n) is 14.0. The summed E-state index contributed by atoms with van der Waals surface area (Å²) >= 11 is 0. The Balaban J connectivity index is 2.76. The normalized spacial score (nSPS) is 14.6. The van der Waals surface area contributed by atoms with Gasteiger partial charge in [-0.05, 0) is 19.1 Å². The van der Waals surface area contributed by atoms with Crippen LogP contribution in [0.3, 0.4) is 0 Å². The molecule has 0 saturated heterocycles. The number of ether oxygens (including phenoxy) is 1. The van der Waals surface area contributed by atoms with Crippen molar-refractivity contribution in [2.75, 3.05) is 0 Å². The van der Waals surface area contributed by atoms with E-state index in [0.717, 1.165) is 6.92 Å². The van der Waals surface area contributed by atoms with E-state index in [1.807, 2.05) is 4.72 Å². The molecule has 11 nitrogen and oxygen atoms in total. The fourth-order valence-corrected chi connectivity index (χ4v) is 3.10. The largest absolute Gasteiger partial charge is 0.481 e. The quantitative estimate of drug-likeness (QED) is 0.298. The molecule has 0 aliphatic carbocycles. The summed E-state index contributed by atoms with van der Waals surface area (Å²) in [6.07, 6.45) is -2.62. The Bertz CT molecular complexity index is 835. The van der Waals surface area contributed by atoms with Crippen LogP contribution in [0.15, 0.2) is 35.2 Å². The molecule has 0 aliphatic heterocycles. The lowest BCUT2D eigenvalue weighted by molar-refractivity contribution is -0.174. The van der Waals surface area contributed by atoms with Gasteiger partial charge in [-0.3, -0.25) is 9.59 Å². The minimum atomic E-state index is -4.09. The average Bonchev–Trinajstić information content (AvgIpc) is 2.54. The lowest BCUT2D eigenvalue weighted by Crippen LogP contribution is -2.45. The Hall–Kier alpha value is -2.83. The first-order valence-corrected chi connectivity index (χ1v) is 8.85. The average molecular weight is 403 g/mol. The summed E-state index contributed by atoms with van der Waals surface area (Å²) in [4.78, 5) is 44.9. The summed E-state index contributed by atoms with van der Waals surface area (Å²) in [5, 5.41) is 27.2. The number of sulfonamides is 1. The molecule has 0 heterocycles. The van der Waals surface area contributed by atoms with Gasteiger partial charge >= 0.3 is 23.9 Å². The van der Waals surface area contributed by atoms with Gasteiger partial charge in [-0.25, -0.2) is 18.0 Å². The van der Waals surface area contributed by atoms with E-state index in [2.05, 4.69) is 4.74 Å². The second-order valence-electron chi connectivity index (χ2n) is 5.53. The zero-order chi connectivity index (χ0) is 20.8. The first kappa shape index (κ1) is 22.2. The molecule has 12 heteroatoms. The molecule has 0 amide bonds. The van der Waals surface area contributed by atoms with E-state index in [1.165, 1.54) is 24.3 Å². The van der Waals surface area contributed by atoms with Gasteiger partial charge in [-0.1, -0.05) is 18.2 Å². The minimum absolute atomic E-state index is 0.141. The minimum Gasteiger partial charge on any atom is -0.481 e. The molecule has 2 atom stereocenters. The highest BCUT2D eigenvalue weighted by Crippen LogP contribution is 2.17. The Labute approximate surface area is 153 Å². The van der Waals surface area contributed by atoms with Crippen molar-refractivity contribution in [3.05, 3.63) is 30.3 Å². The van der Waals surface area contributed by atoms with E-state index < -0.39 is 58.4 Å². The maximum absolute atomic E-state index is 12.1. The summed E-state index contributed by atoms with van der Waals surface area (Å²) in [7, 11) is -4.09. The van der Waals surface area contributed by atoms with Crippen LogP contribution in [0.4, 0.5) is 0 Å².